The minimum Gasteiger partial charge on any atom is -0.497 e. The smallest absolute Gasteiger partial charge is 0.318 e. The molecule has 0 aliphatic rings. The van der Waals surface area contributed by atoms with Gasteiger partial charge in [0.25, 0.3) is 5.75 Å². The Kier molecular flexibility index (Phi) is 4.60. The molecule has 21 heavy (non-hydrogen) atoms. The summed E-state index contributed by atoms with van der Waals surface area (Å²) in [5.74, 6) is -2.63. The van der Waals surface area contributed by atoms with Gasteiger partial charge in [-0.1, -0.05) is 5.11 Å². The fraction of sp³-hybridized carbons (Fsp3) is 0.222. The van der Waals surface area contributed by atoms with E-state index in [4.69, 9.17) is 10.6 Å². The Morgan fingerprint density at radius 2 is 1.81 bits per heavy atom. The molecule has 0 saturated heterocycles. The molecule has 0 saturated carbocycles. The van der Waals surface area contributed by atoms with E-state index < -0.39 is 45.4 Å². The predicted molar refractivity (Wildman–Crippen MR) is 65.7 cm³/mol. The van der Waals surface area contributed by atoms with Crippen LogP contribution in [-0.4, -0.2) is 32.1 Å². The zero-order valence-corrected chi connectivity index (χ0v) is 10.1. The van der Waals surface area contributed by atoms with E-state index in [0.717, 1.165) is 12.1 Å². The summed E-state index contributed by atoms with van der Waals surface area (Å²) in [6.45, 7) is 0. The number of azide groups is 1. The van der Waals surface area contributed by atoms with Crippen molar-refractivity contribution in [2.75, 3.05) is 0 Å². The van der Waals surface area contributed by atoms with Crippen LogP contribution in [0.2, 0.25) is 0 Å². The number of phenols is 1. The van der Waals surface area contributed by atoms with Crippen LogP contribution >= 0.6 is 0 Å². The van der Waals surface area contributed by atoms with Crippen LogP contribution in [0.1, 0.15) is 5.56 Å². The summed E-state index contributed by atoms with van der Waals surface area (Å²) in [6, 6.07) is -0.0187. The van der Waals surface area contributed by atoms with E-state index in [1.165, 1.54) is 0 Å². The van der Waals surface area contributed by atoms with Gasteiger partial charge in [0.1, 0.15) is 6.04 Å². The first-order valence-electron chi connectivity index (χ1n) is 5.19. The molecule has 0 amide bonds. The van der Waals surface area contributed by atoms with Gasteiger partial charge in [-0.25, -0.2) is 0 Å². The van der Waals surface area contributed by atoms with Crippen molar-refractivity contribution >= 4 is 17.3 Å². The largest absolute Gasteiger partial charge is 0.497 e. The minimum absolute atomic E-state index is 0.133. The standard InChI is InChI=1S/C9H7N5O7/c10-12-11-5(9(16)17)1-4-2-6(13(18)19)8(15)7(3-4)14(20)21/h2-3,5,15H,1H2,(H,16,17)/t5-/m1/s1. The lowest BCUT2D eigenvalue weighted by Gasteiger charge is -2.07. The lowest BCUT2D eigenvalue weighted by Crippen LogP contribution is -2.20. The summed E-state index contributed by atoms with van der Waals surface area (Å²) >= 11 is 0. The van der Waals surface area contributed by atoms with E-state index in [2.05, 4.69) is 10.0 Å². The molecule has 12 nitrogen and oxygen atoms in total. The third-order valence-corrected chi connectivity index (χ3v) is 2.43. The molecule has 1 rings (SSSR count). The van der Waals surface area contributed by atoms with E-state index in [0.29, 0.717) is 0 Å². The highest BCUT2D eigenvalue weighted by Gasteiger charge is 2.28. The van der Waals surface area contributed by atoms with Crippen molar-refractivity contribution in [1.82, 2.24) is 0 Å². The Balaban J connectivity index is 3.36. The van der Waals surface area contributed by atoms with Crippen molar-refractivity contribution in [2.45, 2.75) is 12.5 Å². The maximum absolute atomic E-state index is 10.8. The van der Waals surface area contributed by atoms with E-state index in [1.807, 2.05) is 0 Å². The van der Waals surface area contributed by atoms with Gasteiger partial charge in [-0.3, -0.25) is 25.0 Å². The Morgan fingerprint density at radius 3 is 2.14 bits per heavy atom. The third-order valence-electron chi connectivity index (χ3n) is 2.43. The monoisotopic (exact) mass is 297 g/mol. The molecule has 1 aromatic carbocycles. The first-order chi connectivity index (χ1) is 9.77. The van der Waals surface area contributed by atoms with E-state index in [1.54, 1.807) is 0 Å². The lowest BCUT2D eigenvalue weighted by molar-refractivity contribution is -0.396. The number of rotatable bonds is 6. The Morgan fingerprint density at radius 1 is 1.33 bits per heavy atom. The zero-order chi connectivity index (χ0) is 16.2. The molecule has 110 valence electrons. The molecule has 0 heterocycles. The number of aromatic hydroxyl groups is 1. The van der Waals surface area contributed by atoms with Crippen LogP contribution in [0.5, 0.6) is 5.75 Å². The number of nitrogens with zero attached hydrogens (tertiary/aromatic N) is 5. The molecule has 2 N–H and O–H groups in total. The number of phenolic OH excluding ortho intramolecular Hbond substituents is 1. The molecule has 0 unspecified atom stereocenters. The molecule has 1 aromatic rings. The number of hydrogen-bond donors (Lipinski definition) is 2. The SMILES string of the molecule is [N-]=[N+]=N[C@H](Cc1cc([N+](=O)[O-])c(O)c([N+](=O)[O-])c1)C(=O)O. The van der Waals surface area contributed by atoms with Gasteiger partial charge in [0.15, 0.2) is 0 Å². The minimum atomic E-state index is -1.58. The summed E-state index contributed by atoms with van der Waals surface area (Å²) in [5.41, 5.74) is 6.22. The average molecular weight is 297 g/mol. The molecular formula is C9H7N5O7. The van der Waals surface area contributed by atoms with Crippen LogP contribution in [-0.2, 0) is 11.2 Å². The molecule has 0 bridgehead atoms. The molecule has 0 aromatic heterocycles. The molecular weight excluding hydrogens is 290 g/mol. The second-order valence-corrected chi connectivity index (χ2v) is 3.76. The fourth-order valence-corrected chi connectivity index (χ4v) is 1.52. The van der Waals surface area contributed by atoms with Crippen molar-refractivity contribution in [1.29, 1.82) is 0 Å². The van der Waals surface area contributed by atoms with Gasteiger partial charge in [-0.05, 0) is 17.5 Å². The van der Waals surface area contributed by atoms with Gasteiger partial charge < -0.3 is 10.2 Å². The van der Waals surface area contributed by atoms with Gasteiger partial charge in [0.05, 0.1) is 9.85 Å². The Bertz CT molecular complexity index is 629. The number of benzene rings is 1. The third kappa shape index (κ3) is 3.54. The molecule has 0 spiro atoms. The summed E-state index contributed by atoms with van der Waals surface area (Å²) < 4.78 is 0. The number of nitro groups is 2. The number of carboxylic acid groups (broad SMARTS) is 1. The number of carboxylic acids is 1. The topological polar surface area (TPSA) is 193 Å². The van der Waals surface area contributed by atoms with Crippen molar-refractivity contribution in [2.24, 2.45) is 5.11 Å². The van der Waals surface area contributed by atoms with Crippen molar-refractivity contribution in [3.05, 3.63) is 48.4 Å². The van der Waals surface area contributed by atoms with Gasteiger partial charge >= 0.3 is 17.3 Å². The first-order valence-corrected chi connectivity index (χ1v) is 5.19. The number of nitro benzene ring substituents is 2. The maximum Gasteiger partial charge on any atom is 0.318 e. The second kappa shape index (κ2) is 6.16. The fourth-order valence-electron chi connectivity index (χ4n) is 1.52. The van der Waals surface area contributed by atoms with Crippen LogP contribution in [0.15, 0.2) is 17.2 Å². The molecule has 0 radical (unpaired) electrons. The zero-order valence-electron chi connectivity index (χ0n) is 10.1. The predicted octanol–water partition coefficient (Wildman–Crippen LogP) is 1.51. The van der Waals surface area contributed by atoms with E-state index >= 15 is 0 Å². The van der Waals surface area contributed by atoms with Crippen LogP contribution in [0.3, 0.4) is 0 Å². The Hall–Kier alpha value is -3.40. The number of hydrogen-bond acceptors (Lipinski definition) is 7. The molecule has 12 heteroatoms. The molecule has 1 atom stereocenters. The number of aliphatic carboxylic acids is 1. The normalized spacial score (nSPS) is 11.2. The quantitative estimate of drug-likeness (QED) is 0.261. The van der Waals surface area contributed by atoms with Crippen LogP contribution in [0.25, 0.3) is 10.4 Å². The van der Waals surface area contributed by atoms with Crippen molar-refractivity contribution in [3.8, 4) is 5.75 Å². The van der Waals surface area contributed by atoms with Crippen molar-refractivity contribution < 1.29 is 24.9 Å². The van der Waals surface area contributed by atoms with E-state index in [-0.39, 0.29) is 5.56 Å². The summed E-state index contributed by atoms with van der Waals surface area (Å²) in [5, 5.41) is 42.6. The summed E-state index contributed by atoms with van der Waals surface area (Å²) in [7, 11) is 0. The highest BCUT2D eigenvalue weighted by atomic mass is 16.6. The van der Waals surface area contributed by atoms with Crippen LogP contribution < -0.4 is 0 Å². The maximum atomic E-state index is 10.8. The average Bonchev–Trinajstić information content (AvgIpc) is 2.38. The van der Waals surface area contributed by atoms with Crippen LogP contribution in [0, 0.1) is 20.2 Å². The molecule has 0 aliphatic carbocycles. The lowest BCUT2D eigenvalue weighted by atomic mass is 10.0. The molecule has 0 fully saturated rings. The van der Waals surface area contributed by atoms with Gasteiger partial charge in [0.2, 0.25) is 0 Å². The highest BCUT2D eigenvalue weighted by molar-refractivity contribution is 5.74. The van der Waals surface area contributed by atoms with Gasteiger partial charge in [0, 0.05) is 17.0 Å². The number of carbonyl (C=O) groups is 1. The van der Waals surface area contributed by atoms with E-state index in [9.17, 15) is 30.1 Å². The van der Waals surface area contributed by atoms with Gasteiger partial charge in [-0.2, -0.15) is 0 Å². The Labute approximate surface area is 115 Å². The molecule has 0 aliphatic heterocycles. The van der Waals surface area contributed by atoms with Gasteiger partial charge in [-0.15, -0.1) is 0 Å². The van der Waals surface area contributed by atoms with Crippen molar-refractivity contribution in [3.63, 3.8) is 0 Å². The summed E-state index contributed by atoms with van der Waals surface area (Å²) in [4.78, 5) is 32.5. The second-order valence-electron chi connectivity index (χ2n) is 3.76. The summed E-state index contributed by atoms with van der Waals surface area (Å²) in [6.07, 6.45) is -0.499. The van der Waals surface area contributed by atoms with Crippen LogP contribution in [0.4, 0.5) is 11.4 Å². The highest BCUT2D eigenvalue weighted by Crippen LogP contribution is 2.37. The first kappa shape index (κ1) is 15.7.